The maximum absolute atomic E-state index is 12.2. The van der Waals surface area contributed by atoms with Gasteiger partial charge in [0, 0.05) is 18.9 Å². The van der Waals surface area contributed by atoms with Crippen LogP contribution < -0.4 is 10.6 Å². The van der Waals surface area contributed by atoms with Gasteiger partial charge in [-0.3, -0.25) is 4.79 Å². The molecule has 2 atom stereocenters. The van der Waals surface area contributed by atoms with Gasteiger partial charge < -0.3 is 10.6 Å². The van der Waals surface area contributed by atoms with E-state index in [0.29, 0.717) is 24.2 Å². The molecule has 1 aliphatic heterocycles. The summed E-state index contributed by atoms with van der Waals surface area (Å²) in [5.41, 5.74) is 2.90. The van der Waals surface area contributed by atoms with Gasteiger partial charge in [-0.05, 0) is 61.7 Å². The summed E-state index contributed by atoms with van der Waals surface area (Å²) in [6, 6.07) is 8.66. The Morgan fingerprint density at radius 1 is 1.26 bits per heavy atom. The van der Waals surface area contributed by atoms with E-state index in [4.69, 9.17) is 0 Å². The highest BCUT2D eigenvalue weighted by Gasteiger charge is 2.24. The Hall–Kier alpha value is -1.06. The number of benzene rings is 1. The van der Waals surface area contributed by atoms with Crippen molar-refractivity contribution in [2.75, 3.05) is 19.6 Å². The van der Waals surface area contributed by atoms with Crippen molar-refractivity contribution in [2.45, 2.75) is 44.9 Å². The molecule has 1 fully saturated rings. The van der Waals surface area contributed by atoms with Gasteiger partial charge in [-0.1, -0.05) is 31.2 Å². The number of amides is 1. The summed E-state index contributed by atoms with van der Waals surface area (Å²) in [5.74, 6) is 1.95. The first-order valence-corrected chi connectivity index (χ1v) is 8.79. The van der Waals surface area contributed by atoms with Crippen LogP contribution in [-0.2, 0) is 11.2 Å². The minimum absolute atomic E-state index is 0. The lowest BCUT2D eigenvalue weighted by Gasteiger charge is -2.28. The van der Waals surface area contributed by atoms with Crippen LogP contribution in [0.1, 0.15) is 49.7 Å². The molecule has 3 nitrogen and oxygen atoms in total. The summed E-state index contributed by atoms with van der Waals surface area (Å²) in [4.78, 5) is 12.2. The number of carbonyl (C=O) groups excluding carboxylic acids is 1. The summed E-state index contributed by atoms with van der Waals surface area (Å²) in [6.45, 7) is 5.25. The van der Waals surface area contributed by atoms with Gasteiger partial charge in [-0.2, -0.15) is 0 Å². The second kappa shape index (κ2) is 8.70. The van der Waals surface area contributed by atoms with E-state index in [1.54, 1.807) is 0 Å². The molecule has 0 radical (unpaired) electrons. The van der Waals surface area contributed by atoms with E-state index < -0.39 is 0 Å². The molecule has 1 aliphatic carbocycles. The number of hydrogen-bond acceptors (Lipinski definition) is 2. The Bertz CT molecular complexity index is 514. The molecule has 2 N–H and O–H groups in total. The minimum atomic E-state index is 0. The van der Waals surface area contributed by atoms with Crippen molar-refractivity contribution in [2.24, 2.45) is 11.8 Å². The number of piperidine rings is 1. The largest absolute Gasteiger partial charge is 0.355 e. The maximum atomic E-state index is 12.2. The standard InChI is InChI=1S/C19H28N2O.ClH/c1-14(15-8-10-20-11-9-15)12-19(22)21-13-17-7-6-16-4-2-3-5-18(16)17;/h2-5,14-15,17,20H,6-13H2,1H3,(H,21,22);1H. The third-order valence-corrected chi connectivity index (χ3v) is 5.50. The van der Waals surface area contributed by atoms with Crippen molar-refractivity contribution in [3.8, 4) is 0 Å². The van der Waals surface area contributed by atoms with Gasteiger partial charge in [-0.15, -0.1) is 12.4 Å². The minimum Gasteiger partial charge on any atom is -0.355 e. The SMILES string of the molecule is CC(CC(=O)NCC1CCc2ccccc21)C1CCNCC1.Cl. The van der Waals surface area contributed by atoms with Crippen LogP contribution in [0.4, 0.5) is 0 Å². The molecule has 0 bridgehead atoms. The zero-order valence-electron chi connectivity index (χ0n) is 14.0. The van der Waals surface area contributed by atoms with E-state index >= 15 is 0 Å². The van der Waals surface area contributed by atoms with Crippen LogP contribution in [-0.4, -0.2) is 25.5 Å². The Labute approximate surface area is 146 Å². The number of carbonyl (C=O) groups is 1. The first-order chi connectivity index (χ1) is 10.7. The molecular formula is C19H29ClN2O. The molecule has 0 spiro atoms. The van der Waals surface area contributed by atoms with Gasteiger partial charge in [0.25, 0.3) is 0 Å². The summed E-state index contributed by atoms with van der Waals surface area (Å²) in [5, 5.41) is 6.57. The lowest BCUT2D eigenvalue weighted by atomic mass is 9.84. The van der Waals surface area contributed by atoms with Crippen LogP contribution in [0.15, 0.2) is 24.3 Å². The van der Waals surface area contributed by atoms with Crippen LogP contribution in [0.5, 0.6) is 0 Å². The molecule has 128 valence electrons. The smallest absolute Gasteiger partial charge is 0.220 e. The highest BCUT2D eigenvalue weighted by molar-refractivity contribution is 5.85. The molecule has 0 saturated carbocycles. The van der Waals surface area contributed by atoms with Crippen LogP contribution in [0, 0.1) is 11.8 Å². The van der Waals surface area contributed by atoms with E-state index in [1.165, 1.54) is 30.4 Å². The van der Waals surface area contributed by atoms with E-state index in [-0.39, 0.29) is 18.3 Å². The molecule has 4 heteroatoms. The van der Waals surface area contributed by atoms with Crippen molar-refractivity contribution in [1.82, 2.24) is 10.6 Å². The van der Waals surface area contributed by atoms with E-state index in [9.17, 15) is 4.79 Å². The summed E-state index contributed by atoms with van der Waals surface area (Å²) in [6.07, 6.45) is 5.43. The molecule has 1 aromatic carbocycles. The van der Waals surface area contributed by atoms with E-state index in [2.05, 4.69) is 41.8 Å². The number of fused-ring (bicyclic) bond motifs is 1. The molecule has 23 heavy (non-hydrogen) atoms. The predicted molar refractivity (Wildman–Crippen MR) is 97.1 cm³/mol. The van der Waals surface area contributed by atoms with Gasteiger partial charge in [0.15, 0.2) is 0 Å². The van der Waals surface area contributed by atoms with Crippen LogP contribution in [0.3, 0.4) is 0 Å². The molecule has 1 amide bonds. The number of rotatable bonds is 5. The third kappa shape index (κ3) is 4.71. The fourth-order valence-corrected chi connectivity index (χ4v) is 4.04. The number of hydrogen-bond donors (Lipinski definition) is 2. The average molecular weight is 337 g/mol. The lowest BCUT2D eigenvalue weighted by Crippen LogP contribution is -2.34. The van der Waals surface area contributed by atoms with Gasteiger partial charge in [0.1, 0.15) is 0 Å². The summed E-state index contributed by atoms with van der Waals surface area (Å²) >= 11 is 0. The molecule has 2 unspecified atom stereocenters. The number of nitrogens with one attached hydrogen (secondary N) is 2. The molecule has 1 heterocycles. The second-order valence-corrected chi connectivity index (χ2v) is 7.01. The van der Waals surface area contributed by atoms with Gasteiger partial charge in [-0.25, -0.2) is 0 Å². The van der Waals surface area contributed by atoms with Gasteiger partial charge >= 0.3 is 0 Å². The molecular weight excluding hydrogens is 308 g/mol. The monoisotopic (exact) mass is 336 g/mol. The highest BCUT2D eigenvalue weighted by Crippen LogP contribution is 2.32. The fraction of sp³-hybridized carbons (Fsp3) is 0.632. The molecule has 3 rings (SSSR count). The normalized spacial score (nSPS) is 22.0. The molecule has 0 aromatic heterocycles. The summed E-state index contributed by atoms with van der Waals surface area (Å²) in [7, 11) is 0. The highest BCUT2D eigenvalue weighted by atomic mass is 35.5. The lowest BCUT2D eigenvalue weighted by molar-refractivity contribution is -0.122. The summed E-state index contributed by atoms with van der Waals surface area (Å²) < 4.78 is 0. The van der Waals surface area contributed by atoms with Crippen molar-refractivity contribution in [3.63, 3.8) is 0 Å². The second-order valence-electron chi connectivity index (χ2n) is 7.01. The topological polar surface area (TPSA) is 41.1 Å². The van der Waals surface area contributed by atoms with Crippen molar-refractivity contribution in [1.29, 1.82) is 0 Å². The Morgan fingerprint density at radius 2 is 2.00 bits per heavy atom. The third-order valence-electron chi connectivity index (χ3n) is 5.50. The fourth-order valence-electron chi connectivity index (χ4n) is 4.04. The zero-order chi connectivity index (χ0) is 15.4. The predicted octanol–water partition coefficient (Wildman–Crippen LogP) is 3.28. The van der Waals surface area contributed by atoms with Crippen molar-refractivity contribution >= 4 is 18.3 Å². The first-order valence-electron chi connectivity index (χ1n) is 8.79. The Morgan fingerprint density at radius 3 is 2.78 bits per heavy atom. The average Bonchev–Trinajstić information content (AvgIpc) is 2.97. The van der Waals surface area contributed by atoms with Crippen molar-refractivity contribution in [3.05, 3.63) is 35.4 Å². The van der Waals surface area contributed by atoms with E-state index in [1.807, 2.05) is 0 Å². The number of aryl methyl sites for hydroxylation is 1. The Balaban J connectivity index is 0.00000192. The van der Waals surface area contributed by atoms with Crippen LogP contribution in [0.25, 0.3) is 0 Å². The first kappa shape index (κ1) is 18.3. The zero-order valence-corrected chi connectivity index (χ0v) is 14.8. The van der Waals surface area contributed by atoms with E-state index in [0.717, 1.165) is 26.1 Å². The van der Waals surface area contributed by atoms with Gasteiger partial charge in [0.05, 0.1) is 0 Å². The maximum Gasteiger partial charge on any atom is 0.220 e. The quantitative estimate of drug-likeness (QED) is 0.866. The Kier molecular flexibility index (Phi) is 6.91. The number of halogens is 1. The molecule has 1 saturated heterocycles. The molecule has 1 aromatic rings. The van der Waals surface area contributed by atoms with Crippen LogP contribution >= 0.6 is 12.4 Å². The van der Waals surface area contributed by atoms with Crippen molar-refractivity contribution < 1.29 is 4.79 Å². The van der Waals surface area contributed by atoms with Crippen LogP contribution in [0.2, 0.25) is 0 Å². The molecule has 2 aliphatic rings. The van der Waals surface area contributed by atoms with Gasteiger partial charge in [0.2, 0.25) is 5.91 Å².